The first-order valence-corrected chi connectivity index (χ1v) is 17.1. The predicted molar refractivity (Wildman–Crippen MR) is 212 cm³/mol. The first-order valence-electron chi connectivity index (χ1n) is 17.1. The van der Waals surface area contributed by atoms with E-state index in [1.54, 1.807) is 0 Å². The molecule has 0 amide bonds. The van der Waals surface area contributed by atoms with Crippen LogP contribution in [0.15, 0.2) is 206 Å². The highest BCUT2D eigenvalue weighted by Gasteiger charge is 2.19. The van der Waals surface area contributed by atoms with Gasteiger partial charge in [-0.25, -0.2) is 0 Å². The first-order chi connectivity index (χ1) is 24.8. The van der Waals surface area contributed by atoms with Gasteiger partial charge in [0.2, 0.25) is 0 Å². The third kappa shape index (κ3) is 5.34. The molecule has 0 aliphatic carbocycles. The Labute approximate surface area is 292 Å². The van der Waals surface area contributed by atoms with Crippen LogP contribution in [-0.2, 0) is 0 Å². The highest BCUT2D eigenvalue weighted by Crippen LogP contribution is 2.43. The van der Waals surface area contributed by atoms with Gasteiger partial charge in [-0.05, 0) is 94.5 Å². The van der Waals surface area contributed by atoms with Gasteiger partial charge < -0.3 is 9.47 Å². The third-order valence-electron chi connectivity index (χ3n) is 9.59. The van der Waals surface area contributed by atoms with Crippen molar-refractivity contribution in [3.05, 3.63) is 206 Å². The summed E-state index contributed by atoms with van der Waals surface area (Å²) in [6.07, 6.45) is 0. The number of para-hydroxylation sites is 3. The van der Waals surface area contributed by atoms with Crippen LogP contribution in [0.2, 0.25) is 0 Å². The van der Waals surface area contributed by atoms with E-state index in [9.17, 15) is 0 Å². The molecule has 0 bridgehead atoms. The minimum absolute atomic E-state index is 1.11. The molecule has 0 aliphatic heterocycles. The molecule has 0 saturated heterocycles. The van der Waals surface area contributed by atoms with Crippen LogP contribution in [0, 0.1) is 0 Å². The van der Waals surface area contributed by atoms with Gasteiger partial charge in [0.1, 0.15) is 0 Å². The third-order valence-corrected chi connectivity index (χ3v) is 9.59. The summed E-state index contributed by atoms with van der Waals surface area (Å²) >= 11 is 0. The van der Waals surface area contributed by atoms with E-state index in [-0.39, 0.29) is 0 Å². The molecule has 8 aromatic carbocycles. The molecule has 9 aromatic rings. The lowest BCUT2D eigenvalue weighted by Gasteiger charge is -2.28. The van der Waals surface area contributed by atoms with Crippen LogP contribution in [0.4, 0.5) is 17.1 Å². The fourth-order valence-corrected chi connectivity index (χ4v) is 7.21. The first kappa shape index (κ1) is 29.5. The molecule has 0 aliphatic rings. The zero-order chi connectivity index (χ0) is 33.3. The number of benzene rings is 8. The quantitative estimate of drug-likeness (QED) is 0.169. The monoisotopic (exact) mass is 638 g/mol. The van der Waals surface area contributed by atoms with Gasteiger partial charge in [-0.15, -0.1) is 0 Å². The van der Waals surface area contributed by atoms with Crippen molar-refractivity contribution in [3.8, 4) is 39.1 Å². The predicted octanol–water partition coefficient (Wildman–Crippen LogP) is 13.3. The molecule has 0 fully saturated rings. The molecule has 9 rings (SSSR count). The van der Waals surface area contributed by atoms with Gasteiger partial charge in [-0.2, -0.15) is 0 Å². The molecule has 2 nitrogen and oxygen atoms in total. The van der Waals surface area contributed by atoms with E-state index in [2.05, 4.69) is 216 Å². The lowest BCUT2D eigenvalue weighted by molar-refractivity contribution is 1.18. The lowest BCUT2D eigenvalue weighted by Crippen LogP contribution is -2.11. The summed E-state index contributed by atoms with van der Waals surface area (Å²) in [5.41, 5.74) is 14.1. The Hall–Kier alpha value is -6.64. The number of hydrogen-bond acceptors (Lipinski definition) is 1. The summed E-state index contributed by atoms with van der Waals surface area (Å²) in [6, 6.07) is 74.0. The number of anilines is 3. The van der Waals surface area contributed by atoms with Crippen molar-refractivity contribution in [2.75, 3.05) is 4.90 Å². The van der Waals surface area contributed by atoms with Crippen molar-refractivity contribution >= 4 is 38.9 Å². The van der Waals surface area contributed by atoms with Gasteiger partial charge in [0, 0.05) is 33.4 Å². The molecule has 0 atom stereocenters. The van der Waals surface area contributed by atoms with E-state index in [1.807, 2.05) is 0 Å². The number of aromatic nitrogens is 1. The molecular weight excluding hydrogens is 605 g/mol. The van der Waals surface area contributed by atoms with Crippen LogP contribution >= 0.6 is 0 Å². The van der Waals surface area contributed by atoms with Gasteiger partial charge in [0.15, 0.2) is 0 Å². The molecule has 0 spiro atoms. The number of hydrogen-bond donors (Lipinski definition) is 0. The van der Waals surface area contributed by atoms with Crippen LogP contribution in [0.5, 0.6) is 0 Å². The summed E-state index contributed by atoms with van der Waals surface area (Å²) in [5.74, 6) is 0. The molecule has 2 heteroatoms. The summed E-state index contributed by atoms with van der Waals surface area (Å²) in [5, 5.41) is 2.47. The van der Waals surface area contributed by atoms with Crippen molar-refractivity contribution in [2.24, 2.45) is 0 Å². The van der Waals surface area contributed by atoms with Gasteiger partial charge in [0.25, 0.3) is 0 Å². The number of nitrogens with zero attached hydrogens (tertiary/aromatic N) is 2. The summed E-state index contributed by atoms with van der Waals surface area (Å²) < 4.78 is 2.39. The van der Waals surface area contributed by atoms with Crippen LogP contribution < -0.4 is 4.90 Å². The summed E-state index contributed by atoms with van der Waals surface area (Å²) in [6.45, 7) is 0. The Kier molecular flexibility index (Phi) is 7.53. The minimum Gasteiger partial charge on any atom is -0.310 e. The topological polar surface area (TPSA) is 8.17 Å². The standard InChI is InChI=1S/C48H34N2/c1-5-15-35(16-6-1)37-25-29-42(30-26-37)49(40-19-9-3-10-20-40)46-24-14-13-23-43(46)39-28-32-48-45(34-39)44-33-38(36-17-7-2-8-18-36)27-31-47(44)50(48)41-21-11-4-12-22-41/h1-34H. The van der Waals surface area contributed by atoms with Crippen LogP contribution in [0.3, 0.4) is 0 Å². The van der Waals surface area contributed by atoms with Gasteiger partial charge >= 0.3 is 0 Å². The Morgan fingerprint density at radius 1 is 0.320 bits per heavy atom. The van der Waals surface area contributed by atoms with Gasteiger partial charge in [0.05, 0.1) is 16.7 Å². The Bertz CT molecular complexity index is 2550. The minimum atomic E-state index is 1.11. The zero-order valence-electron chi connectivity index (χ0n) is 27.5. The van der Waals surface area contributed by atoms with Gasteiger partial charge in [-0.3, -0.25) is 0 Å². The van der Waals surface area contributed by atoms with E-state index in [4.69, 9.17) is 0 Å². The van der Waals surface area contributed by atoms with Gasteiger partial charge in [-0.1, -0.05) is 140 Å². The van der Waals surface area contributed by atoms with Crippen molar-refractivity contribution in [1.29, 1.82) is 0 Å². The van der Waals surface area contributed by atoms with Crippen molar-refractivity contribution < 1.29 is 0 Å². The van der Waals surface area contributed by atoms with Crippen LogP contribution in [-0.4, -0.2) is 4.57 Å². The second-order valence-corrected chi connectivity index (χ2v) is 12.6. The SMILES string of the molecule is c1ccc(-c2ccc(N(c3ccccc3)c3ccccc3-c3ccc4c(c3)c3cc(-c5ccccc5)ccc3n4-c3ccccc3)cc2)cc1. The van der Waals surface area contributed by atoms with E-state index in [0.29, 0.717) is 0 Å². The molecule has 0 saturated carbocycles. The van der Waals surface area contributed by atoms with E-state index >= 15 is 0 Å². The molecule has 1 aromatic heterocycles. The highest BCUT2D eigenvalue weighted by molar-refractivity contribution is 6.12. The average molecular weight is 639 g/mol. The molecule has 0 N–H and O–H groups in total. The maximum atomic E-state index is 2.39. The molecule has 0 radical (unpaired) electrons. The molecular formula is C48H34N2. The fraction of sp³-hybridized carbons (Fsp3) is 0. The second-order valence-electron chi connectivity index (χ2n) is 12.6. The zero-order valence-corrected chi connectivity index (χ0v) is 27.5. The molecule has 236 valence electrons. The Morgan fingerprint density at radius 2 is 0.760 bits per heavy atom. The van der Waals surface area contributed by atoms with Crippen molar-refractivity contribution in [2.45, 2.75) is 0 Å². The normalized spacial score (nSPS) is 11.2. The van der Waals surface area contributed by atoms with Crippen LogP contribution in [0.1, 0.15) is 0 Å². The Balaban J connectivity index is 1.23. The molecule has 1 heterocycles. The van der Waals surface area contributed by atoms with E-state index < -0.39 is 0 Å². The Morgan fingerprint density at radius 3 is 1.40 bits per heavy atom. The smallest absolute Gasteiger partial charge is 0.0541 e. The second kappa shape index (κ2) is 12.8. The molecule has 50 heavy (non-hydrogen) atoms. The number of fused-ring (bicyclic) bond motifs is 3. The van der Waals surface area contributed by atoms with Crippen molar-refractivity contribution in [1.82, 2.24) is 4.57 Å². The maximum absolute atomic E-state index is 2.39. The lowest BCUT2D eigenvalue weighted by atomic mass is 9.98. The maximum Gasteiger partial charge on any atom is 0.0541 e. The summed E-state index contributed by atoms with van der Waals surface area (Å²) in [4.78, 5) is 2.37. The summed E-state index contributed by atoms with van der Waals surface area (Å²) in [7, 11) is 0. The number of rotatable bonds is 7. The fourth-order valence-electron chi connectivity index (χ4n) is 7.21. The average Bonchev–Trinajstić information content (AvgIpc) is 3.53. The van der Waals surface area contributed by atoms with E-state index in [0.717, 1.165) is 22.7 Å². The van der Waals surface area contributed by atoms with Crippen LogP contribution in [0.25, 0.3) is 60.9 Å². The largest absolute Gasteiger partial charge is 0.310 e. The van der Waals surface area contributed by atoms with Crippen molar-refractivity contribution in [3.63, 3.8) is 0 Å². The molecule has 0 unspecified atom stereocenters. The van der Waals surface area contributed by atoms with E-state index in [1.165, 1.54) is 55.2 Å². The highest BCUT2D eigenvalue weighted by atomic mass is 15.1.